The van der Waals surface area contributed by atoms with Gasteiger partial charge in [-0.3, -0.25) is 4.98 Å². The lowest BCUT2D eigenvalue weighted by molar-refractivity contribution is 0.699. The van der Waals surface area contributed by atoms with Crippen molar-refractivity contribution in [1.82, 2.24) is 4.98 Å². The molecule has 0 saturated heterocycles. The van der Waals surface area contributed by atoms with Crippen LogP contribution >= 0.6 is 11.3 Å². The normalized spacial score (nSPS) is 12.9. The van der Waals surface area contributed by atoms with E-state index in [-0.39, 0.29) is 6.04 Å². The van der Waals surface area contributed by atoms with Crippen LogP contribution in [0.5, 0.6) is 0 Å². The Hall–Kier alpha value is -1.19. The molecule has 0 aromatic carbocycles. The van der Waals surface area contributed by atoms with Gasteiger partial charge in [-0.1, -0.05) is 19.1 Å². The van der Waals surface area contributed by atoms with E-state index in [0.29, 0.717) is 0 Å². The molecule has 0 saturated carbocycles. The van der Waals surface area contributed by atoms with E-state index in [4.69, 9.17) is 5.73 Å². The van der Waals surface area contributed by atoms with Crippen molar-refractivity contribution in [2.45, 2.75) is 25.8 Å². The highest BCUT2D eigenvalue weighted by atomic mass is 32.1. The van der Waals surface area contributed by atoms with Crippen molar-refractivity contribution in [3.8, 4) is 0 Å². The predicted molar refractivity (Wildman–Crippen MR) is 70.6 cm³/mol. The van der Waals surface area contributed by atoms with E-state index in [9.17, 15) is 0 Å². The molecule has 84 valence electrons. The zero-order valence-corrected chi connectivity index (χ0v) is 10.3. The van der Waals surface area contributed by atoms with Gasteiger partial charge in [-0.25, -0.2) is 0 Å². The molecule has 1 atom stereocenters. The maximum atomic E-state index is 6.14. The van der Waals surface area contributed by atoms with Gasteiger partial charge in [0.15, 0.2) is 0 Å². The van der Waals surface area contributed by atoms with Gasteiger partial charge >= 0.3 is 0 Å². The highest BCUT2D eigenvalue weighted by molar-refractivity contribution is 7.17. The molecule has 0 bridgehead atoms. The van der Waals surface area contributed by atoms with Crippen molar-refractivity contribution >= 4 is 21.6 Å². The molecule has 2 N–H and O–H groups in total. The van der Waals surface area contributed by atoms with Crippen molar-refractivity contribution in [3.63, 3.8) is 0 Å². The minimum Gasteiger partial charge on any atom is -0.324 e. The Kier molecular flexibility index (Phi) is 3.36. The average Bonchev–Trinajstić information content (AvgIpc) is 2.75. The molecule has 0 aliphatic heterocycles. The summed E-state index contributed by atoms with van der Waals surface area (Å²) < 4.78 is 1.20. The van der Waals surface area contributed by atoms with E-state index in [1.54, 1.807) is 11.3 Å². The molecule has 2 nitrogen and oxygen atoms in total. The van der Waals surface area contributed by atoms with Crippen LogP contribution in [0.2, 0.25) is 0 Å². The zero-order chi connectivity index (χ0) is 11.5. The second-order valence-electron chi connectivity index (χ2n) is 3.99. The first kappa shape index (κ1) is 11.3. The summed E-state index contributed by atoms with van der Waals surface area (Å²) in [6, 6.07) is 4.19. The first-order chi connectivity index (χ1) is 7.70. The molecule has 0 aliphatic rings. The number of hydrogen-bond acceptors (Lipinski definition) is 3. The van der Waals surface area contributed by atoms with Crippen molar-refractivity contribution in [2.75, 3.05) is 0 Å². The largest absolute Gasteiger partial charge is 0.324 e. The van der Waals surface area contributed by atoms with Crippen LogP contribution in [0, 0.1) is 0 Å². The van der Waals surface area contributed by atoms with Gasteiger partial charge < -0.3 is 5.73 Å². The molecule has 0 fully saturated rings. The zero-order valence-electron chi connectivity index (χ0n) is 9.44. The van der Waals surface area contributed by atoms with Gasteiger partial charge in [0.1, 0.15) is 0 Å². The molecule has 0 aliphatic carbocycles. The van der Waals surface area contributed by atoms with Crippen molar-refractivity contribution in [3.05, 3.63) is 41.4 Å². The first-order valence-electron chi connectivity index (χ1n) is 5.46. The quantitative estimate of drug-likeness (QED) is 0.817. The van der Waals surface area contributed by atoms with E-state index in [2.05, 4.69) is 29.9 Å². The van der Waals surface area contributed by atoms with Crippen molar-refractivity contribution < 1.29 is 0 Å². The summed E-state index contributed by atoms with van der Waals surface area (Å²) in [6.45, 7) is 6.10. The van der Waals surface area contributed by atoms with Crippen LogP contribution in [0.1, 0.15) is 31.4 Å². The summed E-state index contributed by atoms with van der Waals surface area (Å²) in [5.41, 5.74) is 9.48. The van der Waals surface area contributed by atoms with Gasteiger partial charge in [-0.05, 0) is 35.9 Å². The molecule has 0 amide bonds. The Balaban J connectivity index is 2.22. The maximum absolute atomic E-state index is 6.14. The van der Waals surface area contributed by atoms with Crippen LogP contribution in [-0.4, -0.2) is 4.98 Å². The molecule has 3 heteroatoms. The summed E-state index contributed by atoms with van der Waals surface area (Å²) >= 11 is 1.70. The average molecular weight is 232 g/mol. The minimum absolute atomic E-state index is 0.0199. The third-order valence-electron chi connectivity index (χ3n) is 2.76. The number of rotatable bonds is 4. The van der Waals surface area contributed by atoms with Gasteiger partial charge in [0.05, 0.1) is 10.2 Å². The Morgan fingerprint density at radius 3 is 3.19 bits per heavy atom. The summed E-state index contributed by atoms with van der Waals surface area (Å²) in [4.78, 5) is 4.40. The number of fused-ring (bicyclic) bond motifs is 1. The number of pyridine rings is 1. The van der Waals surface area contributed by atoms with Crippen molar-refractivity contribution in [2.24, 2.45) is 5.73 Å². The molecule has 2 aromatic rings. The van der Waals surface area contributed by atoms with Crippen LogP contribution in [-0.2, 0) is 0 Å². The number of nitrogens with two attached hydrogens (primary N) is 1. The molecule has 2 rings (SSSR count). The highest BCUT2D eigenvalue weighted by Crippen LogP contribution is 2.24. The van der Waals surface area contributed by atoms with Gasteiger partial charge in [0.25, 0.3) is 0 Å². The van der Waals surface area contributed by atoms with E-state index < -0.39 is 0 Å². The van der Waals surface area contributed by atoms with E-state index >= 15 is 0 Å². The van der Waals surface area contributed by atoms with E-state index in [0.717, 1.165) is 23.9 Å². The fourth-order valence-electron chi connectivity index (χ4n) is 1.64. The molecule has 1 unspecified atom stereocenters. The molecular weight excluding hydrogens is 216 g/mol. The second-order valence-corrected chi connectivity index (χ2v) is 4.93. The van der Waals surface area contributed by atoms with Gasteiger partial charge in [-0.2, -0.15) is 0 Å². The van der Waals surface area contributed by atoms with E-state index in [1.165, 1.54) is 10.3 Å². The molecule has 16 heavy (non-hydrogen) atoms. The fourth-order valence-corrected chi connectivity index (χ4v) is 2.43. The number of nitrogens with zero attached hydrogens (tertiary/aromatic N) is 1. The number of thiophene rings is 1. The third-order valence-corrected chi connectivity index (χ3v) is 3.61. The summed E-state index contributed by atoms with van der Waals surface area (Å²) in [5, 5.41) is 2.05. The monoisotopic (exact) mass is 232 g/mol. The van der Waals surface area contributed by atoms with Crippen LogP contribution in [0.25, 0.3) is 10.2 Å². The number of aromatic nitrogens is 1. The standard InChI is InChI=1S/C13H16N2S/c1-3-9(2)6-11(14)10-7-13-12(15-8-10)4-5-16-13/h4-5,7-8,11H,2-3,6,14H2,1H3. The van der Waals surface area contributed by atoms with Crippen LogP contribution in [0.3, 0.4) is 0 Å². The maximum Gasteiger partial charge on any atom is 0.0809 e. The lowest BCUT2D eigenvalue weighted by atomic mass is 10.0. The first-order valence-corrected chi connectivity index (χ1v) is 6.34. The lowest BCUT2D eigenvalue weighted by Gasteiger charge is -2.12. The molecule has 0 spiro atoms. The SMILES string of the molecule is C=C(CC)CC(N)c1cnc2ccsc2c1. The molecule has 0 radical (unpaired) electrons. The number of hydrogen-bond donors (Lipinski definition) is 1. The lowest BCUT2D eigenvalue weighted by Crippen LogP contribution is -2.11. The van der Waals surface area contributed by atoms with Crippen LogP contribution in [0.15, 0.2) is 35.9 Å². The summed E-state index contributed by atoms with van der Waals surface area (Å²) in [5.74, 6) is 0. The van der Waals surface area contributed by atoms with Gasteiger partial charge in [-0.15, -0.1) is 11.3 Å². The Bertz CT molecular complexity index is 501. The van der Waals surface area contributed by atoms with E-state index in [1.807, 2.05) is 12.3 Å². The fraction of sp³-hybridized carbons (Fsp3) is 0.308. The molecular formula is C13H16N2S. The third kappa shape index (κ3) is 2.31. The van der Waals surface area contributed by atoms with Crippen LogP contribution < -0.4 is 5.73 Å². The van der Waals surface area contributed by atoms with Crippen molar-refractivity contribution in [1.29, 1.82) is 0 Å². The van der Waals surface area contributed by atoms with Gasteiger partial charge in [0, 0.05) is 12.2 Å². The summed E-state index contributed by atoms with van der Waals surface area (Å²) in [7, 11) is 0. The second kappa shape index (κ2) is 4.76. The minimum atomic E-state index is 0.0199. The topological polar surface area (TPSA) is 38.9 Å². The highest BCUT2D eigenvalue weighted by Gasteiger charge is 2.08. The molecule has 2 heterocycles. The predicted octanol–water partition coefficient (Wildman–Crippen LogP) is 3.65. The Morgan fingerprint density at radius 2 is 2.44 bits per heavy atom. The molecule has 2 aromatic heterocycles. The Morgan fingerprint density at radius 1 is 1.62 bits per heavy atom. The van der Waals surface area contributed by atoms with Crippen LogP contribution in [0.4, 0.5) is 0 Å². The smallest absolute Gasteiger partial charge is 0.0809 e. The van der Waals surface area contributed by atoms with Gasteiger partial charge in [0.2, 0.25) is 0 Å². The Labute approximate surface area is 99.8 Å². The summed E-state index contributed by atoms with van der Waals surface area (Å²) in [6.07, 6.45) is 3.71.